The molecule has 1 aliphatic heterocycles. The zero-order valence-corrected chi connectivity index (χ0v) is 15.8. The molecule has 0 bridgehead atoms. The van der Waals surface area contributed by atoms with E-state index in [1.165, 1.54) is 5.56 Å². The van der Waals surface area contributed by atoms with Crippen LogP contribution in [0.4, 0.5) is 0 Å². The zero-order valence-electron chi connectivity index (χ0n) is 15.8. The van der Waals surface area contributed by atoms with E-state index >= 15 is 0 Å². The van der Waals surface area contributed by atoms with Gasteiger partial charge in [0.05, 0.1) is 11.8 Å². The average Bonchev–Trinajstić information content (AvgIpc) is 3.23. The summed E-state index contributed by atoms with van der Waals surface area (Å²) in [5, 5.41) is 0. The first-order chi connectivity index (χ1) is 13.8. The molecule has 0 unspecified atom stereocenters. The van der Waals surface area contributed by atoms with Crippen LogP contribution >= 0.6 is 0 Å². The maximum atomic E-state index is 5.86. The molecule has 1 atom stereocenters. The molecule has 144 valence electrons. The van der Waals surface area contributed by atoms with Crippen molar-refractivity contribution >= 4 is 0 Å². The SMILES string of the molecule is c1ccc(CN(Cc2cccc(Oc3ncccn3)c2)C[C@@H]2CCCO2)nc1. The second-order valence-corrected chi connectivity index (χ2v) is 6.91. The maximum Gasteiger partial charge on any atom is 0.321 e. The van der Waals surface area contributed by atoms with Crippen molar-refractivity contribution < 1.29 is 9.47 Å². The molecule has 1 saturated heterocycles. The van der Waals surface area contributed by atoms with Crippen LogP contribution in [0, 0.1) is 0 Å². The molecule has 0 radical (unpaired) electrons. The molecule has 1 aliphatic rings. The van der Waals surface area contributed by atoms with Crippen LogP contribution in [-0.4, -0.2) is 39.1 Å². The van der Waals surface area contributed by atoms with Gasteiger partial charge in [-0.2, -0.15) is 0 Å². The van der Waals surface area contributed by atoms with Crippen LogP contribution < -0.4 is 4.74 Å². The Hall–Kier alpha value is -2.83. The van der Waals surface area contributed by atoms with E-state index in [0.717, 1.165) is 50.5 Å². The molecule has 0 aliphatic carbocycles. The normalized spacial score (nSPS) is 16.4. The average molecular weight is 376 g/mol. The smallest absolute Gasteiger partial charge is 0.321 e. The Morgan fingerprint density at radius 3 is 2.64 bits per heavy atom. The summed E-state index contributed by atoms with van der Waals surface area (Å²) in [4.78, 5) is 15.1. The number of rotatable bonds is 8. The third-order valence-electron chi connectivity index (χ3n) is 4.65. The van der Waals surface area contributed by atoms with E-state index in [0.29, 0.717) is 12.1 Å². The quantitative estimate of drug-likeness (QED) is 0.595. The lowest BCUT2D eigenvalue weighted by Crippen LogP contribution is -2.31. The fourth-order valence-electron chi connectivity index (χ4n) is 3.39. The highest BCUT2D eigenvalue weighted by atomic mass is 16.5. The minimum Gasteiger partial charge on any atom is -0.424 e. The van der Waals surface area contributed by atoms with Gasteiger partial charge < -0.3 is 9.47 Å². The molecule has 0 saturated carbocycles. The van der Waals surface area contributed by atoms with Gasteiger partial charge >= 0.3 is 6.01 Å². The minimum absolute atomic E-state index is 0.292. The lowest BCUT2D eigenvalue weighted by atomic mass is 10.1. The summed E-state index contributed by atoms with van der Waals surface area (Å²) >= 11 is 0. The molecule has 3 heterocycles. The summed E-state index contributed by atoms with van der Waals surface area (Å²) < 4.78 is 11.6. The number of aromatic nitrogens is 3. The Labute approximate surface area is 165 Å². The highest BCUT2D eigenvalue weighted by molar-refractivity contribution is 5.30. The molecule has 6 nitrogen and oxygen atoms in total. The second-order valence-electron chi connectivity index (χ2n) is 6.91. The topological polar surface area (TPSA) is 60.4 Å². The van der Waals surface area contributed by atoms with E-state index in [2.05, 4.69) is 32.0 Å². The maximum absolute atomic E-state index is 5.86. The fraction of sp³-hybridized carbons (Fsp3) is 0.318. The number of ether oxygens (including phenoxy) is 2. The van der Waals surface area contributed by atoms with E-state index in [4.69, 9.17) is 9.47 Å². The van der Waals surface area contributed by atoms with Gasteiger partial charge in [-0.15, -0.1) is 0 Å². The van der Waals surface area contributed by atoms with Crippen molar-refractivity contribution in [1.82, 2.24) is 19.9 Å². The van der Waals surface area contributed by atoms with Gasteiger partial charge in [-0.25, -0.2) is 9.97 Å². The largest absolute Gasteiger partial charge is 0.424 e. The summed E-state index contributed by atoms with van der Waals surface area (Å²) in [6.07, 6.45) is 7.73. The minimum atomic E-state index is 0.292. The van der Waals surface area contributed by atoms with E-state index in [-0.39, 0.29) is 0 Å². The van der Waals surface area contributed by atoms with Crippen molar-refractivity contribution in [2.45, 2.75) is 32.0 Å². The highest BCUT2D eigenvalue weighted by Crippen LogP contribution is 2.21. The summed E-state index contributed by atoms with van der Waals surface area (Å²) in [6.45, 7) is 3.34. The van der Waals surface area contributed by atoms with Crippen molar-refractivity contribution in [3.8, 4) is 11.8 Å². The third kappa shape index (κ3) is 5.34. The second kappa shape index (κ2) is 9.39. The molecule has 0 spiro atoms. The van der Waals surface area contributed by atoms with Gasteiger partial charge in [-0.1, -0.05) is 18.2 Å². The molecule has 0 N–H and O–H groups in total. The number of hydrogen-bond donors (Lipinski definition) is 0. The van der Waals surface area contributed by atoms with Gasteiger partial charge in [0.25, 0.3) is 0 Å². The molecule has 3 aromatic rings. The van der Waals surface area contributed by atoms with Gasteiger partial charge in [0, 0.05) is 44.8 Å². The summed E-state index contributed by atoms with van der Waals surface area (Å²) in [7, 11) is 0. The number of pyridine rings is 1. The van der Waals surface area contributed by atoms with E-state index < -0.39 is 0 Å². The predicted octanol–water partition coefficient (Wildman–Crippen LogP) is 3.85. The van der Waals surface area contributed by atoms with Gasteiger partial charge in [0.2, 0.25) is 0 Å². The standard InChI is InChI=1S/C22H24N4O2/c1-2-10-23-19(7-1)16-26(17-21-9-4-13-27-21)15-18-6-3-8-20(14-18)28-22-24-11-5-12-25-22/h1-3,5-8,10-12,14,21H,4,9,13,15-17H2/t21-/m0/s1. The third-order valence-corrected chi connectivity index (χ3v) is 4.65. The number of hydrogen-bond acceptors (Lipinski definition) is 6. The Morgan fingerprint density at radius 2 is 1.86 bits per heavy atom. The first-order valence-electron chi connectivity index (χ1n) is 9.63. The van der Waals surface area contributed by atoms with E-state index in [9.17, 15) is 0 Å². The molecule has 4 rings (SSSR count). The van der Waals surface area contributed by atoms with Crippen LogP contribution in [0.3, 0.4) is 0 Å². The molecule has 0 amide bonds. The first kappa shape index (κ1) is 18.5. The molecular weight excluding hydrogens is 352 g/mol. The van der Waals surface area contributed by atoms with Gasteiger partial charge in [-0.3, -0.25) is 9.88 Å². The van der Waals surface area contributed by atoms with Crippen LogP contribution in [-0.2, 0) is 17.8 Å². The van der Waals surface area contributed by atoms with Crippen LogP contribution in [0.5, 0.6) is 11.8 Å². The van der Waals surface area contributed by atoms with Crippen molar-refractivity contribution in [2.75, 3.05) is 13.2 Å². The van der Waals surface area contributed by atoms with Crippen LogP contribution in [0.1, 0.15) is 24.1 Å². The Balaban J connectivity index is 1.46. The molecule has 2 aromatic heterocycles. The van der Waals surface area contributed by atoms with Gasteiger partial charge in [0.1, 0.15) is 5.75 Å². The fourth-order valence-corrected chi connectivity index (χ4v) is 3.39. The Kier molecular flexibility index (Phi) is 6.22. The van der Waals surface area contributed by atoms with E-state index in [1.807, 2.05) is 36.5 Å². The summed E-state index contributed by atoms with van der Waals surface area (Å²) in [5.74, 6) is 0.735. The van der Waals surface area contributed by atoms with Crippen molar-refractivity contribution in [1.29, 1.82) is 0 Å². The summed E-state index contributed by atoms with van der Waals surface area (Å²) in [6, 6.07) is 16.2. The van der Waals surface area contributed by atoms with Crippen molar-refractivity contribution in [3.05, 3.63) is 78.4 Å². The van der Waals surface area contributed by atoms with Crippen molar-refractivity contribution in [2.24, 2.45) is 0 Å². The molecular formula is C22H24N4O2. The van der Waals surface area contributed by atoms with Crippen molar-refractivity contribution in [3.63, 3.8) is 0 Å². The Morgan fingerprint density at radius 1 is 0.964 bits per heavy atom. The molecule has 6 heteroatoms. The highest BCUT2D eigenvalue weighted by Gasteiger charge is 2.20. The lowest BCUT2D eigenvalue weighted by molar-refractivity contribution is 0.0674. The Bertz CT molecular complexity index is 855. The van der Waals surface area contributed by atoms with Gasteiger partial charge in [0.15, 0.2) is 0 Å². The first-order valence-corrected chi connectivity index (χ1v) is 9.63. The van der Waals surface area contributed by atoms with Crippen LogP contribution in [0.25, 0.3) is 0 Å². The summed E-state index contributed by atoms with van der Waals surface area (Å²) in [5.41, 5.74) is 2.23. The van der Waals surface area contributed by atoms with Crippen LogP contribution in [0.15, 0.2) is 67.1 Å². The zero-order chi connectivity index (χ0) is 19.0. The molecule has 1 aromatic carbocycles. The van der Waals surface area contributed by atoms with Crippen LogP contribution in [0.2, 0.25) is 0 Å². The number of benzene rings is 1. The van der Waals surface area contributed by atoms with E-state index in [1.54, 1.807) is 18.5 Å². The number of nitrogens with zero attached hydrogens (tertiary/aromatic N) is 4. The lowest BCUT2D eigenvalue weighted by Gasteiger charge is -2.25. The predicted molar refractivity (Wildman–Crippen MR) is 106 cm³/mol. The monoisotopic (exact) mass is 376 g/mol. The molecule has 1 fully saturated rings. The van der Waals surface area contributed by atoms with Gasteiger partial charge in [-0.05, 0) is 48.7 Å². The molecule has 28 heavy (non-hydrogen) atoms.